The molecule has 0 unspecified atom stereocenters. The SMILES string of the molecule is Cc1cc([C@H](C)Oc2ccccc2)ccc1C(=O)O. The van der Waals surface area contributed by atoms with Crippen molar-refractivity contribution in [1.82, 2.24) is 0 Å². The standard InChI is InChI=1S/C16H16O3/c1-11-10-13(8-9-15(11)16(17)18)12(2)19-14-6-4-3-5-7-14/h3-10,12H,1-2H3,(H,17,18)/t12-/m0/s1. The molecule has 0 bridgehead atoms. The van der Waals surface area contributed by atoms with E-state index in [0.717, 1.165) is 16.9 Å². The van der Waals surface area contributed by atoms with Gasteiger partial charge in [0, 0.05) is 0 Å². The van der Waals surface area contributed by atoms with E-state index in [9.17, 15) is 4.79 Å². The molecule has 2 rings (SSSR count). The van der Waals surface area contributed by atoms with Gasteiger partial charge in [-0.1, -0.05) is 30.3 Å². The van der Waals surface area contributed by atoms with Gasteiger partial charge in [0.15, 0.2) is 0 Å². The van der Waals surface area contributed by atoms with Gasteiger partial charge in [-0.05, 0) is 43.2 Å². The van der Waals surface area contributed by atoms with Gasteiger partial charge in [0.25, 0.3) is 0 Å². The summed E-state index contributed by atoms with van der Waals surface area (Å²) in [7, 11) is 0. The van der Waals surface area contributed by atoms with E-state index in [-0.39, 0.29) is 6.10 Å². The third kappa shape index (κ3) is 3.13. The predicted octanol–water partition coefficient (Wildman–Crippen LogP) is 3.83. The average molecular weight is 256 g/mol. The van der Waals surface area contributed by atoms with Gasteiger partial charge in [0.05, 0.1) is 5.56 Å². The molecular formula is C16H16O3. The first-order valence-corrected chi connectivity index (χ1v) is 6.13. The minimum Gasteiger partial charge on any atom is -0.486 e. The Balaban J connectivity index is 2.18. The Morgan fingerprint density at radius 1 is 1.16 bits per heavy atom. The fourth-order valence-corrected chi connectivity index (χ4v) is 1.95. The van der Waals surface area contributed by atoms with E-state index in [2.05, 4.69) is 0 Å². The normalized spacial score (nSPS) is 11.9. The number of carbonyl (C=O) groups is 1. The van der Waals surface area contributed by atoms with Crippen LogP contribution in [0.25, 0.3) is 0 Å². The van der Waals surface area contributed by atoms with Crippen LogP contribution >= 0.6 is 0 Å². The lowest BCUT2D eigenvalue weighted by Crippen LogP contribution is -2.06. The first kappa shape index (κ1) is 13.1. The Morgan fingerprint density at radius 2 is 1.84 bits per heavy atom. The molecular weight excluding hydrogens is 240 g/mol. The average Bonchev–Trinajstić information content (AvgIpc) is 2.39. The van der Waals surface area contributed by atoms with E-state index in [1.165, 1.54) is 0 Å². The second kappa shape index (κ2) is 5.57. The Kier molecular flexibility index (Phi) is 3.85. The number of benzene rings is 2. The molecule has 0 aliphatic heterocycles. The molecule has 0 amide bonds. The van der Waals surface area contributed by atoms with Gasteiger partial charge in [-0.25, -0.2) is 4.79 Å². The molecule has 2 aromatic carbocycles. The molecule has 3 nitrogen and oxygen atoms in total. The lowest BCUT2D eigenvalue weighted by Gasteiger charge is -2.16. The Bertz CT molecular complexity index is 576. The third-order valence-electron chi connectivity index (χ3n) is 3.01. The number of para-hydroxylation sites is 1. The summed E-state index contributed by atoms with van der Waals surface area (Å²) in [5.41, 5.74) is 2.04. The number of aryl methyl sites for hydroxylation is 1. The molecule has 0 fully saturated rings. The summed E-state index contributed by atoms with van der Waals surface area (Å²) in [6.07, 6.45) is -0.121. The number of ether oxygens (including phenoxy) is 1. The summed E-state index contributed by atoms with van der Waals surface area (Å²) in [4.78, 5) is 11.0. The van der Waals surface area contributed by atoms with Crippen molar-refractivity contribution < 1.29 is 14.6 Å². The molecule has 0 aromatic heterocycles. The van der Waals surface area contributed by atoms with Gasteiger partial charge in [0.1, 0.15) is 11.9 Å². The largest absolute Gasteiger partial charge is 0.486 e. The number of carboxylic acid groups (broad SMARTS) is 1. The maximum Gasteiger partial charge on any atom is 0.335 e. The molecule has 3 heteroatoms. The molecule has 0 aliphatic carbocycles. The zero-order valence-corrected chi connectivity index (χ0v) is 11.0. The van der Waals surface area contributed by atoms with Gasteiger partial charge in [-0.3, -0.25) is 0 Å². The topological polar surface area (TPSA) is 46.5 Å². The summed E-state index contributed by atoms with van der Waals surface area (Å²) in [6, 6.07) is 14.8. The third-order valence-corrected chi connectivity index (χ3v) is 3.01. The fraction of sp³-hybridized carbons (Fsp3) is 0.188. The second-order valence-electron chi connectivity index (χ2n) is 4.45. The van der Waals surface area contributed by atoms with Crippen molar-refractivity contribution in [3.05, 3.63) is 65.2 Å². The summed E-state index contributed by atoms with van der Waals surface area (Å²) in [5, 5.41) is 9.00. The van der Waals surface area contributed by atoms with E-state index < -0.39 is 5.97 Å². The van der Waals surface area contributed by atoms with Gasteiger partial charge in [0.2, 0.25) is 0 Å². The van der Waals surface area contributed by atoms with Crippen LogP contribution in [0.15, 0.2) is 48.5 Å². The second-order valence-corrected chi connectivity index (χ2v) is 4.45. The Morgan fingerprint density at radius 3 is 2.42 bits per heavy atom. The Hall–Kier alpha value is -2.29. The van der Waals surface area contributed by atoms with Gasteiger partial charge >= 0.3 is 5.97 Å². The highest BCUT2D eigenvalue weighted by atomic mass is 16.5. The quantitative estimate of drug-likeness (QED) is 0.904. The molecule has 19 heavy (non-hydrogen) atoms. The van der Waals surface area contributed by atoms with Crippen LogP contribution in [0.4, 0.5) is 0 Å². The number of rotatable bonds is 4. The summed E-state index contributed by atoms with van der Waals surface area (Å²) < 4.78 is 5.81. The highest BCUT2D eigenvalue weighted by Crippen LogP contribution is 2.23. The van der Waals surface area contributed by atoms with Crippen molar-refractivity contribution in [2.45, 2.75) is 20.0 Å². The minimum atomic E-state index is -0.902. The molecule has 0 heterocycles. The van der Waals surface area contributed by atoms with Crippen LogP contribution in [0.2, 0.25) is 0 Å². The lowest BCUT2D eigenvalue weighted by molar-refractivity contribution is 0.0696. The van der Waals surface area contributed by atoms with E-state index in [1.54, 1.807) is 19.1 Å². The highest BCUT2D eigenvalue weighted by Gasteiger charge is 2.11. The van der Waals surface area contributed by atoms with Crippen LogP contribution in [0.3, 0.4) is 0 Å². The van der Waals surface area contributed by atoms with Crippen LogP contribution in [0.1, 0.15) is 34.5 Å². The van der Waals surface area contributed by atoms with E-state index >= 15 is 0 Å². The van der Waals surface area contributed by atoms with Crippen molar-refractivity contribution in [2.24, 2.45) is 0 Å². The number of hydrogen-bond donors (Lipinski definition) is 1. The van der Waals surface area contributed by atoms with Crippen molar-refractivity contribution in [2.75, 3.05) is 0 Å². The van der Waals surface area contributed by atoms with Crippen LogP contribution in [-0.4, -0.2) is 11.1 Å². The van der Waals surface area contributed by atoms with E-state index in [1.807, 2.05) is 43.3 Å². The number of carboxylic acids is 1. The molecule has 98 valence electrons. The van der Waals surface area contributed by atoms with Gasteiger partial charge in [-0.15, -0.1) is 0 Å². The highest BCUT2D eigenvalue weighted by molar-refractivity contribution is 5.89. The summed E-state index contributed by atoms with van der Waals surface area (Å²) in [5.74, 6) is -0.101. The zero-order chi connectivity index (χ0) is 13.8. The van der Waals surface area contributed by atoms with Crippen molar-refractivity contribution in [3.63, 3.8) is 0 Å². The van der Waals surface area contributed by atoms with E-state index in [0.29, 0.717) is 5.56 Å². The maximum atomic E-state index is 11.0. The zero-order valence-electron chi connectivity index (χ0n) is 11.0. The maximum absolute atomic E-state index is 11.0. The molecule has 1 N–H and O–H groups in total. The molecule has 2 aromatic rings. The smallest absolute Gasteiger partial charge is 0.335 e. The summed E-state index contributed by atoms with van der Waals surface area (Å²) in [6.45, 7) is 3.74. The Labute approximate surface area is 112 Å². The van der Waals surface area contributed by atoms with Crippen LogP contribution in [0, 0.1) is 6.92 Å². The fourth-order valence-electron chi connectivity index (χ4n) is 1.95. The van der Waals surface area contributed by atoms with Gasteiger partial charge < -0.3 is 9.84 Å². The lowest BCUT2D eigenvalue weighted by atomic mass is 10.0. The van der Waals surface area contributed by atoms with Gasteiger partial charge in [-0.2, -0.15) is 0 Å². The van der Waals surface area contributed by atoms with Crippen molar-refractivity contribution in [3.8, 4) is 5.75 Å². The molecule has 0 radical (unpaired) electrons. The minimum absolute atomic E-state index is 0.121. The number of hydrogen-bond acceptors (Lipinski definition) is 2. The van der Waals surface area contributed by atoms with Crippen LogP contribution < -0.4 is 4.74 Å². The monoisotopic (exact) mass is 256 g/mol. The molecule has 0 saturated heterocycles. The predicted molar refractivity (Wildman–Crippen MR) is 73.6 cm³/mol. The molecule has 0 aliphatic rings. The molecule has 0 spiro atoms. The first-order chi connectivity index (χ1) is 9.08. The molecule has 0 saturated carbocycles. The number of aromatic carboxylic acids is 1. The van der Waals surface area contributed by atoms with Crippen LogP contribution in [0.5, 0.6) is 5.75 Å². The first-order valence-electron chi connectivity index (χ1n) is 6.13. The van der Waals surface area contributed by atoms with Crippen molar-refractivity contribution >= 4 is 5.97 Å². The van der Waals surface area contributed by atoms with Crippen LogP contribution in [-0.2, 0) is 0 Å². The summed E-state index contributed by atoms with van der Waals surface area (Å²) >= 11 is 0. The van der Waals surface area contributed by atoms with E-state index in [4.69, 9.17) is 9.84 Å². The molecule has 1 atom stereocenters. The van der Waals surface area contributed by atoms with Crippen molar-refractivity contribution in [1.29, 1.82) is 0 Å².